The van der Waals surface area contributed by atoms with Gasteiger partial charge in [-0.25, -0.2) is 0 Å². The molecule has 0 radical (unpaired) electrons. The van der Waals surface area contributed by atoms with Gasteiger partial charge < -0.3 is 10.6 Å². The van der Waals surface area contributed by atoms with Crippen LogP contribution >= 0.6 is 24.0 Å². The highest BCUT2D eigenvalue weighted by molar-refractivity contribution is 6.30. The van der Waals surface area contributed by atoms with E-state index in [0.29, 0.717) is 29.4 Å². The second kappa shape index (κ2) is 7.13. The van der Waals surface area contributed by atoms with E-state index in [-0.39, 0.29) is 29.8 Å². The minimum Gasteiger partial charge on any atom is -0.338 e. The number of halogens is 2. The molecular formula is C17H22Cl2N4O. The summed E-state index contributed by atoms with van der Waals surface area (Å²) < 4.78 is 0. The lowest BCUT2D eigenvalue weighted by atomic mass is 9.79. The third-order valence-electron chi connectivity index (χ3n) is 4.58. The highest BCUT2D eigenvalue weighted by atomic mass is 35.5. The molecular weight excluding hydrogens is 347 g/mol. The molecule has 1 aliphatic rings. The van der Waals surface area contributed by atoms with Crippen LogP contribution in [0, 0.1) is 5.41 Å². The molecule has 0 saturated carbocycles. The number of hydrogen-bond donors (Lipinski definition) is 2. The molecule has 3 N–H and O–H groups in total. The molecule has 5 nitrogen and oxygen atoms in total. The SMILES string of the molecule is CC1(C)CN(C(=O)c2cn[nH]c2-c2cccc(Cl)c2)CCC1N.Cl. The van der Waals surface area contributed by atoms with E-state index >= 15 is 0 Å². The molecule has 1 aliphatic heterocycles. The van der Waals surface area contributed by atoms with Gasteiger partial charge in [0.05, 0.1) is 17.5 Å². The topological polar surface area (TPSA) is 75.0 Å². The molecule has 1 saturated heterocycles. The molecule has 3 rings (SSSR count). The predicted octanol–water partition coefficient (Wildman–Crippen LogP) is 3.35. The molecule has 2 heterocycles. The average Bonchev–Trinajstić information content (AvgIpc) is 2.98. The number of nitrogens with one attached hydrogen (secondary N) is 1. The van der Waals surface area contributed by atoms with Gasteiger partial charge in [-0.05, 0) is 24.0 Å². The van der Waals surface area contributed by atoms with E-state index in [0.717, 1.165) is 12.0 Å². The molecule has 1 aromatic carbocycles. The summed E-state index contributed by atoms with van der Waals surface area (Å²) in [6.07, 6.45) is 2.39. The number of amides is 1. The molecule has 1 aromatic heterocycles. The van der Waals surface area contributed by atoms with Crippen LogP contribution in [0.25, 0.3) is 11.3 Å². The van der Waals surface area contributed by atoms with Gasteiger partial charge >= 0.3 is 0 Å². The van der Waals surface area contributed by atoms with E-state index in [2.05, 4.69) is 24.0 Å². The summed E-state index contributed by atoms with van der Waals surface area (Å²) in [5.41, 5.74) is 8.19. The molecule has 0 bridgehead atoms. The first-order valence-electron chi connectivity index (χ1n) is 7.72. The second-order valence-corrected chi connectivity index (χ2v) is 7.22. The van der Waals surface area contributed by atoms with Crippen LogP contribution in [-0.2, 0) is 0 Å². The maximum atomic E-state index is 12.9. The lowest BCUT2D eigenvalue weighted by Crippen LogP contribution is -2.54. The number of rotatable bonds is 2. The maximum Gasteiger partial charge on any atom is 0.257 e. The largest absolute Gasteiger partial charge is 0.338 e. The van der Waals surface area contributed by atoms with E-state index in [1.54, 1.807) is 12.3 Å². The van der Waals surface area contributed by atoms with Crippen molar-refractivity contribution in [1.29, 1.82) is 0 Å². The summed E-state index contributed by atoms with van der Waals surface area (Å²) in [5.74, 6) is -0.0197. The first-order valence-corrected chi connectivity index (χ1v) is 8.10. The van der Waals surface area contributed by atoms with Crippen molar-refractivity contribution in [2.45, 2.75) is 26.3 Å². The Morgan fingerprint density at radius 2 is 2.21 bits per heavy atom. The van der Waals surface area contributed by atoms with Crippen LogP contribution in [0.15, 0.2) is 30.5 Å². The molecule has 1 amide bonds. The van der Waals surface area contributed by atoms with Crippen molar-refractivity contribution in [3.8, 4) is 11.3 Å². The lowest BCUT2D eigenvalue weighted by Gasteiger charge is -2.42. The number of H-pyrrole nitrogens is 1. The third kappa shape index (κ3) is 3.58. The van der Waals surface area contributed by atoms with Gasteiger partial charge in [-0.2, -0.15) is 5.10 Å². The van der Waals surface area contributed by atoms with Gasteiger partial charge in [-0.15, -0.1) is 12.4 Å². The van der Waals surface area contributed by atoms with Gasteiger partial charge in [-0.1, -0.05) is 37.6 Å². The van der Waals surface area contributed by atoms with Gasteiger partial charge in [0, 0.05) is 29.7 Å². The normalized spacial score (nSPS) is 19.7. The van der Waals surface area contributed by atoms with Crippen LogP contribution in [0.3, 0.4) is 0 Å². The minimum absolute atomic E-state index is 0. The van der Waals surface area contributed by atoms with E-state index in [4.69, 9.17) is 17.3 Å². The Balaban J connectivity index is 0.00000208. The number of piperidine rings is 1. The van der Waals surface area contributed by atoms with Gasteiger partial charge in [0.1, 0.15) is 0 Å². The van der Waals surface area contributed by atoms with Gasteiger partial charge in [0.25, 0.3) is 5.91 Å². The molecule has 0 spiro atoms. The molecule has 130 valence electrons. The minimum atomic E-state index is -0.0894. The number of nitrogens with zero attached hydrogens (tertiary/aromatic N) is 2. The Hall–Kier alpha value is -1.56. The number of likely N-dealkylation sites (tertiary alicyclic amines) is 1. The summed E-state index contributed by atoms with van der Waals surface area (Å²) in [5, 5.41) is 7.60. The summed E-state index contributed by atoms with van der Waals surface area (Å²) in [6.45, 7) is 5.52. The van der Waals surface area contributed by atoms with Crippen molar-refractivity contribution in [3.63, 3.8) is 0 Å². The fraction of sp³-hybridized carbons (Fsp3) is 0.412. The zero-order valence-corrected chi connectivity index (χ0v) is 15.3. The number of carbonyl (C=O) groups is 1. The zero-order chi connectivity index (χ0) is 16.6. The van der Waals surface area contributed by atoms with Crippen molar-refractivity contribution in [2.75, 3.05) is 13.1 Å². The van der Waals surface area contributed by atoms with Gasteiger partial charge in [-0.3, -0.25) is 9.89 Å². The fourth-order valence-electron chi connectivity index (χ4n) is 3.03. The number of benzene rings is 1. The Kier molecular flexibility index (Phi) is 5.58. The quantitative estimate of drug-likeness (QED) is 0.853. The van der Waals surface area contributed by atoms with Crippen LogP contribution in [-0.4, -0.2) is 40.1 Å². The van der Waals surface area contributed by atoms with Crippen molar-refractivity contribution in [1.82, 2.24) is 15.1 Å². The van der Waals surface area contributed by atoms with Crippen molar-refractivity contribution in [2.24, 2.45) is 11.1 Å². The molecule has 1 atom stereocenters. The maximum absolute atomic E-state index is 12.9. The molecule has 24 heavy (non-hydrogen) atoms. The Labute approximate surface area is 153 Å². The Morgan fingerprint density at radius 3 is 2.88 bits per heavy atom. The zero-order valence-electron chi connectivity index (χ0n) is 13.8. The Morgan fingerprint density at radius 1 is 1.46 bits per heavy atom. The number of aromatic nitrogens is 2. The fourth-order valence-corrected chi connectivity index (χ4v) is 3.22. The van der Waals surface area contributed by atoms with Crippen LogP contribution in [0.5, 0.6) is 0 Å². The van der Waals surface area contributed by atoms with Gasteiger partial charge in [0.2, 0.25) is 0 Å². The average molecular weight is 369 g/mol. The smallest absolute Gasteiger partial charge is 0.257 e. The van der Waals surface area contributed by atoms with E-state index in [9.17, 15) is 4.79 Å². The molecule has 7 heteroatoms. The first kappa shape index (κ1) is 18.8. The van der Waals surface area contributed by atoms with Crippen LogP contribution in [0.1, 0.15) is 30.6 Å². The predicted molar refractivity (Wildman–Crippen MR) is 98.6 cm³/mol. The molecule has 1 unspecified atom stereocenters. The third-order valence-corrected chi connectivity index (χ3v) is 4.82. The first-order chi connectivity index (χ1) is 10.9. The van der Waals surface area contributed by atoms with Crippen LogP contribution in [0.4, 0.5) is 0 Å². The summed E-state index contributed by atoms with van der Waals surface area (Å²) in [4.78, 5) is 14.8. The summed E-state index contributed by atoms with van der Waals surface area (Å²) in [7, 11) is 0. The molecule has 2 aromatic rings. The molecule has 0 aliphatic carbocycles. The van der Waals surface area contributed by atoms with E-state index < -0.39 is 0 Å². The highest BCUT2D eigenvalue weighted by Crippen LogP contribution is 2.30. The number of hydrogen-bond acceptors (Lipinski definition) is 3. The number of nitrogens with two attached hydrogens (primary N) is 1. The summed E-state index contributed by atoms with van der Waals surface area (Å²) >= 11 is 6.05. The standard InChI is InChI=1S/C17H21ClN4O.ClH/c1-17(2)10-22(7-6-14(17)19)16(23)13-9-20-21-15(13)11-4-3-5-12(18)8-11;/h3-5,8-9,14H,6-7,10,19H2,1-2H3,(H,20,21);1H. The Bertz CT molecular complexity index is 729. The van der Waals surface area contributed by atoms with Crippen LogP contribution < -0.4 is 5.73 Å². The van der Waals surface area contributed by atoms with Crippen molar-refractivity contribution < 1.29 is 4.79 Å². The van der Waals surface area contributed by atoms with Crippen LogP contribution in [0.2, 0.25) is 5.02 Å². The molecule has 1 fully saturated rings. The van der Waals surface area contributed by atoms with E-state index in [1.807, 2.05) is 23.1 Å². The summed E-state index contributed by atoms with van der Waals surface area (Å²) in [6, 6.07) is 7.50. The second-order valence-electron chi connectivity index (χ2n) is 6.78. The van der Waals surface area contributed by atoms with E-state index in [1.165, 1.54) is 0 Å². The number of aromatic amines is 1. The van der Waals surface area contributed by atoms with Gasteiger partial charge in [0.15, 0.2) is 0 Å². The van der Waals surface area contributed by atoms with Crippen molar-refractivity contribution in [3.05, 3.63) is 41.0 Å². The monoisotopic (exact) mass is 368 g/mol. The number of carbonyl (C=O) groups excluding carboxylic acids is 1. The highest BCUT2D eigenvalue weighted by Gasteiger charge is 2.36. The lowest BCUT2D eigenvalue weighted by molar-refractivity contribution is 0.0534. The van der Waals surface area contributed by atoms with Crippen molar-refractivity contribution >= 4 is 29.9 Å².